The molecule has 2 aromatic carbocycles. The lowest BCUT2D eigenvalue weighted by molar-refractivity contribution is -0.137. The zero-order chi connectivity index (χ0) is 15.5. The molecular formula is C16H12F3NS. The molecule has 2 aromatic rings. The fraction of sp³-hybridized carbons (Fsp3) is 0.188. The summed E-state index contributed by atoms with van der Waals surface area (Å²) in [7, 11) is 0. The second-order valence-electron chi connectivity index (χ2n) is 4.59. The number of halogens is 3. The Kier molecular flexibility index (Phi) is 4.59. The molecule has 0 radical (unpaired) electrons. The third-order valence-electron chi connectivity index (χ3n) is 2.90. The first-order valence-electron chi connectivity index (χ1n) is 6.20. The molecule has 108 valence electrons. The monoisotopic (exact) mass is 307 g/mol. The molecule has 0 saturated carbocycles. The summed E-state index contributed by atoms with van der Waals surface area (Å²) in [4.78, 5) is 0.503. The number of aryl methyl sites for hydroxylation is 1. The molecule has 2 rings (SSSR count). The second kappa shape index (κ2) is 6.23. The summed E-state index contributed by atoms with van der Waals surface area (Å²) >= 11 is 1.32. The van der Waals surface area contributed by atoms with E-state index in [0.717, 1.165) is 17.2 Å². The van der Waals surface area contributed by atoms with Crippen LogP contribution in [0.2, 0.25) is 0 Å². The van der Waals surface area contributed by atoms with Crippen LogP contribution in [0.4, 0.5) is 13.2 Å². The van der Waals surface area contributed by atoms with Crippen molar-refractivity contribution in [1.29, 1.82) is 5.26 Å². The number of hydrogen-bond donors (Lipinski definition) is 0. The Balaban J connectivity index is 2.20. The summed E-state index contributed by atoms with van der Waals surface area (Å²) in [5, 5.41) is 8.75. The predicted molar refractivity (Wildman–Crippen MR) is 76.9 cm³/mol. The Bertz CT molecular complexity index is 687. The number of nitriles is 1. The SMILES string of the molecule is Cc1cccc(CSc2ccc(C#N)c(C(F)(F)F)c2)c1. The van der Waals surface area contributed by atoms with Crippen LogP contribution in [0, 0.1) is 18.3 Å². The maximum absolute atomic E-state index is 12.9. The van der Waals surface area contributed by atoms with E-state index in [2.05, 4.69) is 0 Å². The molecule has 21 heavy (non-hydrogen) atoms. The van der Waals surface area contributed by atoms with E-state index in [1.165, 1.54) is 17.8 Å². The van der Waals surface area contributed by atoms with Crippen molar-refractivity contribution < 1.29 is 13.2 Å². The highest BCUT2D eigenvalue weighted by Crippen LogP contribution is 2.35. The highest BCUT2D eigenvalue weighted by Gasteiger charge is 2.33. The van der Waals surface area contributed by atoms with Crippen molar-refractivity contribution in [3.63, 3.8) is 0 Å². The lowest BCUT2D eigenvalue weighted by atomic mass is 10.1. The van der Waals surface area contributed by atoms with Crippen molar-refractivity contribution in [3.05, 3.63) is 64.7 Å². The molecule has 0 unspecified atom stereocenters. The highest BCUT2D eigenvalue weighted by molar-refractivity contribution is 7.98. The molecule has 0 aromatic heterocycles. The highest BCUT2D eigenvalue weighted by atomic mass is 32.2. The van der Waals surface area contributed by atoms with E-state index >= 15 is 0 Å². The number of hydrogen-bond acceptors (Lipinski definition) is 2. The van der Waals surface area contributed by atoms with E-state index in [1.807, 2.05) is 31.2 Å². The van der Waals surface area contributed by atoms with E-state index in [0.29, 0.717) is 10.6 Å². The van der Waals surface area contributed by atoms with Gasteiger partial charge in [-0.25, -0.2) is 0 Å². The first-order valence-corrected chi connectivity index (χ1v) is 7.18. The van der Waals surface area contributed by atoms with E-state index in [4.69, 9.17) is 5.26 Å². The van der Waals surface area contributed by atoms with Gasteiger partial charge in [-0.2, -0.15) is 18.4 Å². The molecule has 0 aliphatic carbocycles. The topological polar surface area (TPSA) is 23.8 Å². The standard InChI is InChI=1S/C16H12F3NS/c1-11-3-2-4-12(7-11)10-21-14-6-5-13(9-20)15(8-14)16(17,18)19/h2-8H,10H2,1H3. The van der Waals surface area contributed by atoms with Gasteiger partial charge in [-0.05, 0) is 30.7 Å². The van der Waals surface area contributed by atoms with Crippen LogP contribution in [0.3, 0.4) is 0 Å². The van der Waals surface area contributed by atoms with Crippen molar-refractivity contribution in [1.82, 2.24) is 0 Å². The zero-order valence-corrected chi connectivity index (χ0v) is 12.1. The Morgan fingerprint density at radius 1 is 1.14 bits per heavy atom. The van der Waals surface area contributed by atoms with Gasteiger partial charge in [-0.3, -0.25) is 0 Å². The Morgan fingerprint density at radius 3 is 2.52 bits per heavy atom. The van der Waals surface area contributed by atoms with Crippen LogP contribution in [0.1, 0.15) is 22.3 Å². The fourth-order valence-corrected chi connectivity index (χ4v) is 2.79. The Morgan fingerprint density at radius 2 is 1.90 bits per heavy atom. The Labute approximate surface area is 125 Å². The maximum atomic E-state index is 12.9. The van der Waals surface area contributed by atoms with Crippen molar-refractivity contribution >= 4 is 11.8 Å². The molecule has 0 aliphatic heterocycles. The molecule has 0 aliphatic rings. The van der Waals surface area contributed by atoms with Crippen LogP contribution >= 0.6 is 11.8 Å². The van der Waals surface area contributed by atoms with Gasteiger partial charge in [0.25, 0.3) is 0 Å². The molecule has 0 amide bonds. The lowest BCUT2D eigenvalue weighted by Gasteiger charge is -2.10. The third kappa shape index (κ3) is 4.02. The summed E-state index contributed by atoms with van der Waals surface area (Å²) in [5.74, 6) is 0.588. The number of rotatable bonds is 3. The smallest absolute Gasteiger partial charge is 0.192 e. The average Bonchev–Trinajstić information content (AvgIpc) is 2.44. The molecule has 0 heterocycles. The van der Waals surface area contributed by atoms with E-state index in [1.54, 1.807) is 12.1 Å². The van der Waals surface area contributed by atoms with Gasteiger partial charge in [-0.15, -0.1) is 11.8 Å². The van der Waals surface area contributed by atoms with E-state index in [-0.39, 0.29) is 5.56 Å². The number of nitrogens with zero attached hydrogens (tertiary/aromatic N) is 1. The first kappa shape index (κ1) is 15.5. The number of alkyl halides is 3. The zero-order valence-electron chi connectivity index (χ0n) is 11.2. The molecule has 0 spiro atoms. The minimum absolute atomic E-state index is 0.345. The van der Waals surface area contributed by atoms with E-state index < -0.39 is 11.7 Å². The third-order valence-corrected chi connectivity index (χ3v) is 3.97. The van der Waals surface area contributed by atoms with Crippen LogP contribution in [0.15, 0.2) is 47.4 Å². The first-order chi connectivity index (χ1) is 9.90. The fourth-order valence-electron chi connectivity index (χ4n) is 1.91. The average molecular weight is 307 g/mol. The van der Waals surface area contributed by atoms with Crippen LogP contribution in [-0.2, 0) is 11.9 Å². The summed E-state index contributed by atoms with van der Waals surface area (Å²) < 4.78 is 38.6. The summed E-state index contributed by atoms with van der Waals surface area (Å²) in [6.45, 7) is 1.97. The molecule has 0 fully saturated rings. The molecule has 5 heteroatoms. The quantitative estimate of drug-likeness (QED) is 0.730. The van der Waals surface area contributed by atoms with Crippen molar-refractivity contribution in [2.45, 2.75) is 23.7 Å². The maximum Gasteiger partial charge on any atom is 0.417 e. The van der Waals surface area contributed by atoms with Gasteiger partial charge in [0, 0.05) is 10.6 Å². The normalized spacial score (nSPS) is 11.2. The largest absolute Gasteiger partial charge is 0.417 e. The van der Waals surface area contributed by atoms with Gasteiger partial charge in [0.05, 0.1) is 17.2 Å². The van der Waals surface area contributed by atoms with Crippen molar-refractivity contribution in [2.75, 3.05) is 0 Å². The van der Waals surface area contributed by atoms with Crippen molar-refractivity contribution in [2.24, 2.45) is 0 Å². The van der Waals surface area contributed by atoms with Gasteiger partial charge in [-0.1, -0.05) is 29.8 Å². The predicted octanol–water partition coefficient (Wildman–Crippen LogP) is 5.18. The van der Waals surface area contributed by atoms with Gasteiger partial charge in [0.15, 0.2) is 0 Å². The van der Waals surface area contributed by atoms with Crippen LogP contribution in [-0.4, -0.2) is 0 Å². The van der Waals surface area contributed by atoms with Gasteiger partial charge < -0.3 is 0 Å². The molecule has 0 saturated heterocycles. The van der Waals surface area contributed by atoms with Crippen LogP contribution in [0.5, 0.6) is 0 Å². The number of thioether (sulfide) groups is 1. The molecular weight excluding hydrogens is 295 g/mol. The Hall–Kier alpha value is -1.93. The minimum atomic E-state index is -4.51. The summed E-state index contributed by atoms with van der Waals surface area (Å²) in [6.07, 6.45) is -4.51. The van der Waals surface area contributed by atoms with Gasteiger partial charge >= 0.3 is 6.18 Å². The molecule has 0 N–H and O–H groups in total. The van der Waals surface area contributed by atoms with E-state index in [9.17, 15) is 13.2 Å². The number of benzene rings is 2. The minimum Gasteiger partial charge on any atom is -0.192 e. The lowest BCUT2D eigenvalue weighted by Crippen LogP contribution is -2.07. The molecule has 0 atom stereocenters. The van der Waals surface area contributed by atoms with Crippen LogP contribution in [0.25, 0.3) is 0 Å². The van der Waals surface area contributed by atoms with Crippen LogP contribution < -0.4 is 0 Å². The summed E-state index contributed by atoms with van der Waals surface area (Å²) in [5.41, 5.74) is 0.948. The molecule has 1 nitrogen and oxygen atoms in total. The second-order valence-corrected chi connectivity index (χ2v) is 5.64. The summed E-state index contributed by atoms with van der Waals surface area (Å²) in [6, 6.07) is 13.2. The van der Waals surface area contributed by atoms with Gasteiger partial charge in [0.2, 0.25) is 0 Å². The van der Waals surface area contributed by atoms with Crippen molar-refractivity contribution in [3.8, 4) is 6.07 Å². The van der Waals surface area contributed by atoms with Gasteiger partial charge in [0.1, 0.15) is 0 Å². The molecule has 0 bridgehead atoms.